The van der Waals surface area contributed by atoms with E-state index in [9.17, 15) is 29.0 Å². The Balaban J connectivity index is 0.00000432. The van der Waals surface area contributed by atoms with E-state index in [4.69, 9.17) is 4.74 Å². The van der Waals surface area contributed by atoms with Crippen LogP contribution in [0.25, 0.3) is 11.1 Å². The number of rotatable bonds is 7. The Labute approximate surface area is 222 Å². The third-order valence-electron chi connectivity index (χ3n) is 5.29. The number of benzene rings is 2. The van der Waals surface area contributed by atoms with Crippen molar-refractivity contribution in [2.24, 2.45) is 7.05 Å². The smallest absolute Gasteiger partial charge is 0.550 e. The molecule has 9 nitrogen and oxygen atoms in total. The third kappa shape index (κ3) is 6.84. The van der Waals surface area contributed by atoms with Gasteiger partial charge in [0.05, 0.1) is 13.2 Å². The minimum absolute atomic E-state index is 0. The van der Waals surface area contributed by atoms with Crippen molar-refractivity contribution in [1.82, 2.24) is 9.88 Å². The summed E-state index contributed by atoms with van der Waals surface area (Å²) in [5.41, 5.74) is 0.643. The Hall–Kier alpha value is -3.34. The van der Waals surface area contributed by atoms with Crippen LogP contribution in [0.4, 0.5) is 14.9 Å². The van der Waals surface area contributed by atoms with E-state index in [1.165, 1.54) is 36.9 Å². The predicted octanol–water partition coefficient (Wildman–Crippen LogP) is -0.779. The summed E-state index contributed by atoms with van der Waals surface area (Å²) in [5, 5.41) is 26.1. The third-order valence-corrected chi connectivity index (χ3v) is 5.29. The first kappa shape index (κ1) is 27.9. The van der Waals surface area contributed by atoms with E-state index in [-0.39, 0.29) is 40.8 Å². The van der Waals surface area contributed by atoms with Gasteiger partial charge in [0.25, 0.3) is 5.56 Å². The summed E-state index contributed by atoms with van der Waals surface area (Å²) in [6.45, 7) is 1.60. The molecule has 0 saturated carbocycles. The second-order valence-electron chi connectivity index (χ2n) is 7.64. The van der Waals surface area contributed by atoms with Crippen LogP contribution in [0.3, 0.4) is 0 Å². The minimum atomic E-state index is -1.48. The number of amides is 2. The summed E-state index contributed by atoms with van der Waals surface area (Å²) in [6.07, 6.45) is -0.660. The summed E-state index contributed by atoms with van der Waals surface area (Å²) < 4.78 is 20.9. The molecule has 0 radical (unpaired) electrons. The predicted molar refractivity (Wildman–Crippen MR) is 121 cm³/mol. The molecule has 1 atom stereocenters. The van der Waals surface area contributed by atoms with Crippen molar-refractivity contribution >= 4 is 17.7 Å². The molecule has 0 fully saturated rings. The van der Waals surface area contributed by atoms with Crippen LogP contribution >= 0.6 is 0 Å². The number of nitrogens with zero attached hydrogens (tertiary/aromatic N) is 1. The molecule has 178 valence electrons. The number of aryl methyl sites for hydroxylation is 1. The molecule has 3 N–H and O–H groups in total. The molecular weight excluding hydrogens is 468 g/mol. The molecule has 0 aliphatic rings. The fourth-order valence-corrected chi connectivity index (χ4v) is 3.43. The van der Waals surface area contributed by atoms with E-state index in [1.54, 1.807) is 31.2 Å². The van der Waals surface area contributed by atoms with Crippen LogP contribution in [-0.2, 0) is 11.8 Å². The van der Waals surface area contributed by atoms with Crippen molar-refractivity contribution < 1.29 is 58.5 Å². The number of carboxylic acids is 1. The number of carbonyl (C=O) groups excluding carboxylic acids is 2. The number of ether oxygens (including phenoxy) is 1. The second-order valence-corrected chi connectivity index (χ2v) is 7.64. The first-order chi connectivity index (χ1) is 16.1. The number of urea groups is 1. The van der Waals surface area contributed by atoms with E-state index < -0.39 is 41.6 Å². The van der Waals surface area contributed by atoms with Gasteiger partial charge >= 0.3 is 35.6 Å². The molecule has 2 amide bonds. The van der Waals surface area contributed by atoms with Crippen LogP contribution in [-0.4, -0.2) is 28.8 Å². The number of halogens is 1. The topological polar surface area (TPSA) is 133 Å². The second kappa shape index (κ2) is 11.9. The summed E-state index contributed by atoms with van der Waals surface area (Å²) in [6, 6.07) is 9.89. The molecular formula is C24H23FN3NaO6. The fourth-order valence-electron chi connectivity index (χ4n) is 3.43. The number of aromatic hydroxyl groups is 1. The van der Waals surface area contributed by atoms with Gasteiger partial charge in [-0.2, -0.15) is 0 Å². The molecule has 3 aromatic rings. The van der Waals surface area contributed by atoms with E-state index in [1.807, 2.05) is 0 Å². The van der Waals surface area contributed by atoms with Crippen LogP contribution in [0, 0.1) is 12.7 Å². The molecule has 35 heavy (non-hydrogen) atoms. The Kier molecular flexibility index (Phi) is 9.47. The van der Waals surface area contributed by atoms with Crippen LogP contribution in [0.5, 0.6) is 11.5 Å². The molecule has 0 aliphatic heterocycles. The van der Waals surface area contributed by atoms with Gasteiger partial charge in [-0.3, -0.25) is 4.79 Å². The monoisotopic (exact) mass is 491 g/mol. The molecule has 1 aromatic heterocycles. The zero-order chi connectivity index (χ0) is 25.0. The molecule has 0 unspecified atom stereocenters. The van der Waals surface area contributed by atoms with Gasteiger partial charge in [-0.15, -0.1) is 0 Å². The summed E-state index contributed by atoms with van der Waals surface area (Å²) in [5.74, 6) is -2.03. The van der Waals surface area contributed by atoms with Crippen molar-refractivity contribution in [2.75, 3.05) is 12.4 Å². The molecule has 0 saturated heterocycles. The van der Waals surface area contributed by atoms with Crippen LogP contribution in [0.15, 0.2) is 53.3 Å². The summed E-state index contributed by atoms with van der Waals surface area (Å²) >= 11 is 0. The first-order valence-corrected chi connectivity index (χ1v) is 10.2. The van der Waals surface area contributed by atoms with Crippen LogP contribution in [0.2, 0.25) is 0 Å². The largest absolute Gasteiger partial charge is 1.00 e. The first-order valence-electron chi connectivity index (χ1n) is 10.2. The summed E-state index contributed by atoms with van der Waals surface area (Å²) in [4.78, 5) is 36.3. The van der Waals surface area contributed by atoms with Gasteiger partial charge in [-0.1, -0.05) is 12.1 Å². The number of carbonyl (C=O) groups is 2. The molecule has 11 heteroatoms. The van der Waals surface area contributed by atoms with Crippen molar-refractivity contribution in [2.45, 2.75) is 19.4 Å². The number of aromatic nitrogens is 1. The molecule has 0 bridgehead atoms. The molecule has 0 spiro atoms. The summed E-state index contributed by atoms with van der Waals surface area (Å²) in [7, 11) is 2.96. The average molecular weight is 491 g/mol. The number of aliphatic carboxylic acids is 1. The van der Waals surface area contributed by atoms with E-state index in [2.05, 4.69) is 10.6 Å². The Morgan fingerprint density at radius 1 is 1.17 bits per heavy atom. The van der Waals surface area contributed by atoms with E-state index in [0.717, 1.165) is 6.07 Å². The maximum absolute atomic E-state index is 14.5. The van der Waals surface area contributed by atoms with Gasteiger partial charge in [0.1, 0.15) is 17.3 Å². The van der Waals surface area contributed by atoms with Crippen LogP contribution in [0.1, 0.15) is 23.7 Å². The number of carboxylic acid groups (broad SMARTS) is 1. The Bertz CT molecular complexity index is 1310. The van der Waals surface area contributed by atoms with Gasteiger partial charge in [0.15, 0.2) is 5.69 Å². The average Bonchev–Trinajstić information content (AvgIpc) is 2.79. The quantitative estimate of drug-likeness (QED) is 0.372. The number of hydrogen-bond donors (Lipinski definition) is 3. The van der Waals surface area contributed by atoms with Crippen molar-refractivity contribution in [1.29, 1.82) is 0 Å². The van der Waals surface area contributed by atoms with E-state index in [0.29, 0.717) is 22.6 Å². The number of anilines is 1. The maximum atomic E-state index is 14.5. The van der Waals surface area contributed by atoms with E-state index >= 15 is 0 Å². The minimum Gasteiger partial charge on any atom is -0.550 e. The number of pyridine rings is 1. The molecule has 3 rings (SSSR count). The molecule has 0 aliphatic carbocycles. The Morgan fingerprint density at radius 2 is 1.89 bits per heavy atom. The van der Waals surface area contributed by atoms with Crippen molar-refractivity contribution in [3.8, 4) is 22.6 Å². The fraction of sp³-hybridized carbons (Fsp3) is 0.208. The normalized spacial score (nSPS) is 11.2. The van der Waals surface area contributed by atoms with Crippen LogP contribution < -0.4 is 55.6 Å². The van der Waals surface area contributed by atoms with Gasteiger partial charge in [0, 0.05) is 31.2 Å². The zero-order valence-electron chi connectivity index (χ0n) is 19.7. The van der Waals surface area contributed by atoms with Gasteiger partial charge in [-0.05, 0) is 53.9 Å². The van der Waals surface area contributed by atoms with Gasteiger partial charge in [0.2, 0.25) is 0 Å². The van der Waals surface area contributed by atoms with Crippen molar-refractivity contribution in [3.63, 3.8) is 0 Å². The molecule has 2 aromatic carbocycles. The SMILES string of the molecule is COc1cccc(-c2cc(F)cc([C@H](CC(=O)[O-])NC(=O)Nc3c(O)cc(C)n(C)c3=O)c2)c1.[Na+]. The molecule has 1 heterocycles. The number of hydrogen-bond acceptors (Lipinski definition) is 6. The van der Waals surface area contributed by atoms with Gasteiger partial charge < -0.3 is 34.9 Å². The maximum Gasteiger partial charge on any atom is 1.00 e. The van der Waals surface area contributed by atoms with Crippen molar-refractivity contribution in [3.05, 3.63) is 76.0 Å². The van der Waals surface area contributed by atoms with Gasteiger partial charge in [-0.25, -0.2) is 9.18 Å². The zero-order valence-corrected chi connectivity index (χ0v) is 21.7. The number of methoxy groups -OCH3 is 1. The standard InChI is InChI=1S/C24H24FN3O6.Na/c1-13-7-20(29)22(23(32)28(13)2)27-24(33)26-19(12-21(30)31)16-8-15(9-17(25)10-16)14-5-4-6-18(11-14)34-3;/h4-11,19,29H,12H2,1-3H3,(H,30,31)(H2,26,27,33);/q;+1/p-1/t19-;/m0./s1. The number of nitrogens with one attached hydrogen (secondary N) is 2. The Morgan fingerprint density at radius 3 is 2.54 bits per heavy atom.